The highest BCUT2D eigenvalue weighted by molar-refractivity contribution is 5.83. The lowest BCUT2D eigenvalue weighted by atomic mass is 10.1. The first-order chi connectivity index (χ1) is 17.3. The second-order valence-electron chi connectivity index (χ2n) is 9.17. The molecule has 1 saturated heterocycles. The van der Waals surface area contributed by atoms with Gasteiger partial charge in [-0.3, -0.25) is 4.90 Å². The van der Waals surface area contributed by atoms with Crippen molar-refractivity contribution in [3.8, 4) is 23.0 Å². The highest BCUT2D eigenvalue weighted by Gasteiger charge is 2.20. The van der Waals surface area contributed by atoms with Crippen molar-refractivity contribution in [2.75, 3.05) is 50.8 Å². The van der Waals surface area contributed by atoms with Gasteiger partial charge in [-0.2, -0.15) is 0 Å². The van der Waals surface area contributed by atoms with Crippen LogP contribution in [0.25, 0.3) is 10.9 Å². The summed E-state index contributed by atoms with van der Waals surface area (Å²) in [5, 5.41) is 1.35. The number of benzene rings is 3. The van der Waals surface area contributed by atoms with E-state index in [9.17, 15) is 0 Å². The topological polar surface area (TPSA) is 50.0 Å². The molecule has 0 unspecified atom stereocenters. The van der Waals surface area contributed by atoms with Gasteiger partial charge in [0.2, 0.25) is 0 Å². The maximum atomic E-state index is 6.30. The molecule has 0 saturated carbocycles. The van der Waals surface area contributed by atoms with Crippen LogP contribution in [-0.4, -0.2) is 55.8 Å². The molecule has 0 bridgehead atoms. The molecule has 0 amide bonds. The van der Waals surface area contributed by atoms with E-state index >= 15 is 0 Å². The summed E-state index contributed by atoms with van der Waals surface area (Å²) in [6.45, 7) is 6.40. The first-order valence-corrected chi connectivity index (χ1v) is 12.5. The van der Waals surface area contributed by atoms with E-state index in [4.69, 9.17) is 14.2 Å². The minimum atomic E-state index is 0.569. The fraction of sp³-hybridized carbons (Fsp3) is 0.310. The van der Waals surface area contributed by atoms with Crippen molar-refractivity contribution < 1.29 is 14.2 Å². The number of para-hydroxylation sites is 3. The second kappa shape index (κ2) is 9.92. The van der Waals surface area contributed by atoms with Gasteiger partial charge in [0.15, 0.2) is 17.2 Å². The van der Waals surface area contributed by atoms with Gasteiger partial charge in [0.1, 0.15) is 19.0 Å². The number of anilines is 1. The van der Waals surface area contributed by atoms with Gasteiger partial charge in [0, 0.05) is 49.3 Å². The van der Waals surface area contributed by atoms with E-state index in [1.54, 1.807) is 0 Å². The van der Waals surface area contributed by atoms with Crippen LogP contribution >= 0.6 is 0 Å². The number of aryl methyl sites for hydroxylation is 1. The smallest absolute Gasteiger partial charge is 0.165 e. The summed E-state index contributed by atoms with van der Waals surface area (Å²) in [4.78, 5) is 8.41. The number of hydrogen-bond donors (Lipinski definition) is 1. The number of aromatic nitrogens is 1. The van der Waals surface area contributed by atoms with Crippen LogP contribution in [0.15, 0.2) is 72.9 Å². The van der Waals surface area contributed by atoms with Crippen molar-refractivity contribution in [2.45, 2.75) is 12.8 Å². The summed E-state index contributed by atoms with van der Waals surface area (Å²) < 4.78 is 17.6. The standard InChI is InChI=1S/C29H31N3O3/c1-2-8-25-24(7-1)22(21-30-25)6-5-13-31-14-16-32(17-15-31)26-9-3-4-10-27(26)35-23-11-12-28-29(20-23)34-19-18-33-28/h1-4,7-12,20-21,30H,5-6,13-19H2. The molecule has 3 heterocycles. The normalized spacial score (nSPS) is 15.9. The fourth-order valence-corrected chi connectivity index (χ4v) is 5.06. The third kappa shape index (κ3) is 4.80. The van der Waals surface area contributed by atoms with Gasteiger partial charge in [-0.15, -0.1) is 0 Å². The first-order valence-electron chi connectivity index (χ1n) is 12.5. The second-order valence-corrected chi connectivity index (χ2v) is 9.17. The number of fused-ring (bicyclic) bond motifs is 2. The van der Waals surface area contributed by atoms with Gasteiger partial charge in [-0.1, -0.05) is 30.3 Å². The molecule has 4 aromatic rings. The molecular formula is C29H31N3O3. The van der Waals surface area contributed by atoms with E-state index in [-0.39, 0.29) is 0 Å². The highest BCUT2D eigenvalue weighted by Crippen LogP contribution is 2.38. The number of rotatable bonds is 7. The number of aromatic amines is 1. The molecule has 0 spiro atoms. The molecule has 0 radical (unpaired) electrons. The van der Waals surface area contributed by atoms with E-state index in [0.29, 0.717) is 13.2 Å². The average molecular weight is 470 g/mol. The van der Waals surface area contributed by atoms with Crippen molar-refractivity contribution in [1.82, 2.24) is 9.88 Å². The monoisotopic (exact) mass is 469 g/mol. The van der Waals surface area contributed by atoms with Crippen LogP contribution in [0.4, 0.5) is 5.69 Å². The van der Waals surface area contributed by atoms with Crippen LogP contribution in [0.5, 0.6) is 23.0 Å². The Kier molecular flexibility index (Phi) is 6.20. The first kappa shape index (κ1) is 21.9. The summed E-state index contributed by atoms with van der Waals surface area (Å²) in [6, 6.07) is 22.6. The Morgan fingerprint density at radius 3 is 2.54 bits per heavy atom. The lowest BCUT2D eigenvalue weighted by molar-refractivity contribution is 0.171. The molecular weight excluding hydrogens is 438 g/mol. The average Bonchev–Trinajstić information content (AvgIpc) is 3.33. The molecule has 2 aliphatic rings. The molecule has 0 atom stereocenters. The SMILES string of the molecule is c1ccc(N2CCN(CCCc3c[nH]c4ccccc34)CC2)c(Oc2ccc3c(c2)OCCO3)c1. The van der Waals surface area contributed by atoms with Crippen LogP contribution in [0, 0.1) is 0 Å². The molecule has 0 aliphatic carbocycles. The third-order valence-corrected chi connectivity index (χ3v) is 6.92. The van der Waals surface area contributed by atoms with Crippen LogP contribution in [-0.2, 0) is 6.42 Å². The Labute approximate surface area is 206 Å². The van der Waals surface area contributed by atoms with Crippen molar-refractivity contribution in [2.24, 2.45) is 0 Å². The fourth-order valence-electron chi connectivity index (χ4n) is 5.06. The maximum Gasteiger partial charge on any atom is 0.165 e. The van der Waals surface area contributed by atoms with Gasteiger partial charge >= 0.3 is 0 Å². The summed E-state index contributed by atoms with van der Waals surface area (Å²) >= 11 is 0. The zero-order valence-electron chi connectivity index (χ0n) is 19.9. The van der Waals surface area contributed by atoms with Crippen LogP contribution in [0.2, 0.25) is 0 Å². The van der Waals surface area contributed by atoms with Gasteiger partial charge in [-0.25, -0.2) is 0 Å². The predicted molar refractivity (Wildman–Crippen MR) is 139 cm³/mol. The quantitative estimate of drug-likeness (QED) is 0.388. The van der Waals surface area contributed by atoms with Gasteiger partial charge < -0.3 is 24.1 Å². The van der Waals surface area contributed by atoms with E-state index < -0.39 is 0 Å². The number of H-pyrrole nitrogens is 1. The van der Waals surface area contributed by atoms with Gasteiger partial charge in [-0.05, 0) is 55.3 Å². The van der Waals surface area contributed by atoms with Crippen LogP contribution in [0.1, 0.15) is 12.0 Å². The number of piperazine rings is 1. The van der Waals surface area contributed by atoms with E-state index in [2.05, 4.69) is 57.4 Å². The molecule has 1 aromatic heterocycles. The molecule has 1 fully saturated rings. The summed E-state index contributed by atoms with van der Waals surface area (Å²) in [5.41, 5.74) is 3.79. The summed E-state index contributed by atoms with van der Waals surface area (Å²) in [5.74, 6) is 3.15. The van der Waals surface area contributed by atoms with Gasteiger partial charge in [0.25, 0.3) is 0 Å². The van der Waals surface area contributed by atoms with Crippen molar-refractivity contribution >= 4 is 16.6 Å². The molecule has 1 N–H and O–H groups in total. The minimum absolute atomic E-state index is 0.569. The lowest BCUT2D eigenvalue weighted by Gasteiger charge is -2.36. The van der Waals surface area contributed by atoms with E-state index in [1.165, 1.54) is 22.9 Å². The molecule has 6 rings (SSSR count). The molecule has 180 valence electrons. The highest BCUT2D eigenvalue weighted by atomic mass is 16.6. The third-order valence-electron chi connectivity index (χ3n) is 6.92. The molecule has 35 heavy (non-hydrogen) atoms. The molecule has 2 aliphatic heterocycles. The number of ether oxygens (including phenoxy) is 3. The largest absolute Gasteiger partial charge is 0.486 e. The van der Waals surface area contributed by atoms with Gasteiger partial charge in [0.05, 0.1) is 5.69 Å². The predicted octanol–water partition coefficient (Wildman–Crippen LogP) is 5.49. The Morgan fingerprint density at radius 2 is 1.63 bits per heavy atom. The zero-order valence-corrected chi connectivity index (χ0v) is 19.9. The van der Waals surface area contributed by atoms with Crippen LogP contribution in [0.3, 0.4) is 0 Å². The van der Waals surface area contributed by atoms with Crippen LogP contribution < -0.4 is 19.1 Å². The number of hydrogen-bond acceptors (Lipinski definition) is 5. The van der Waals surface area contributed by atoms with Crippen molar-refractivity contribution in [1.29, 1.82) is 0 Å². The van der Waals surface area contributed by atoms with E-state index in [1.807, 2.05) is 30.3 Å². The number of nitrogens with zero attached hydrogens (tertiary/aromatic N) is 2. The van der Waals surface area contributed by atoms with Crippen molar-refractivity contribution in [3.05, 3.63) is 78.5 Å². The molecule has 6 nitrogen and oxygen atoms in total. The Morgan fingerprint density at radius 1 is 0.829 bits per heavy atom. The molecule has 6 heteroatoms. The Balaban J connectivity index is 1.05. The van der Waals surface area contributed by atoms with E-state index in [0.717, 1.165) is 67.8 Å². The molecule has 3 aromatic carbocycles. The Hall–Kier alpha value is -3.64. The lowest BCUT2D eigenvalue weighted by Crippen LogP contribution is -2.46. The van der Waals surface area contributed by atoms with Crippen molar-refractivity contribution in [3.63, 3.8) is 0 Å². The summed E-state index contributed by atoms with van der Waals surface area (Å²) in [6.07, 6.45) is 4.45. The summed E-state index contributed by atoms with van der Waals surface area (Å²) in [7, 11) is 0. The minimum Gasteiger partial charge on any atom is -0.486 e. The zero-order chi connectivity index (χ0) is 23.5. The Bertz CT molecular complexity index is 1290. The number of nitrogens with one attached hydrogen (secondary N) is 1. The maximum absolute atomic E-state index is 6.30.